The molecule has 0 spiro atoms. The van der Waals surface area contributed by atoms with Crippen LogP contribution in [-0.4, -0.2) is 22.0 Å². The van der Waals surface area contributed by atoms with Gasteiger partial charge in [-0.05, 0) is 49.2 Å². The van der Waals surface area contributed by atoms with Crippen LogP contribution < -0.4 is 5.32 Å². The molecule has 0 saturated carbocycles. The van der Waals surface area contributed by atoms with Gasteiger partial charge in [-0.1, -0.05) is 71.6 Å². The van der Waals surface area contributed by atoms with Crippen molar-refractivity contribution in [3.63, 3.8) is 0 Å². The van der Waals surface area contributed by atoms with E-state index in [0.29, 0.717) is 33.7 Å². The number of imidazole rings is 1. The number of hydrogen-bond donors (Lipinski definition) is 1. The summed E-state index contributed by atoms with van der Waals surface area (Å²) >= 11 is 18.9. The third-order valence-corrected chi connectivity index (χ3v) is 6.63. The first kappa shape index (κ1) is 23.6. The fraction of sp³-hybridized carbons (Fsp3) is 0.231. The van der Waals surface area contributed by atoms with Gasteiger partial charge < -0.3 is 9.88 Å². The van der Waals surface area contributed by atoms with Crippen LogP contribution >= 0.6 is 34.8 Å². The zero-order chi connectivity index (χ0) is 23.2. The number of carbonyl (C=O) groups excluding carboxylic acids is 1. The summed E-state index contributed by atoms with van der Waals surface area (Å²) in [4.78, 5) is 17.1. The highest BCUT2D eigenvalue weighted by atomic mass is 35.5. The molecule has 0 saturated heterocycles. The van der Waals surface area contributed by atoms with Crippen LogP contribution in [0.4, 0.5) is 0 Å². The van der Waals surface area contributed by atoms with Crippen LogP contribution in [0.15, 0.2) is 66.7 Å². The number of aromatic nitrogens is 2. The first-order valence-corrected chi connectivity index (χ1v) is 12.1. The van der Waals surface area contributed by atoms with Crippen molar-refractivity contribution in [3.05, 3.63) is 98.7 Å². The summed E-state index contributed by atoms with van der Waals surface area (Å²) < 4.78 is 2.20. The van der Waals surface area contributed by atoms with E-state index in [1.165, 1.54) is 0 Å². The van der Waals surface area contributed by atoms with Gasteiger partial charge in [-0.2, -0.15) is 0 Å². The monoisotopic (exact) mass is 499 g/mol. The fourth-order valence-corrected chi connectivity index (χ4v) is 4.60. The third-order valence-electron chi connectivity index (χ3n) is 5.59. The molecule has 1 N–H and O–H groups in total. The minimum atomic E-state index is -0.140. The van der Waals surface area contributed by atoms with E-state index in [9.17, 15) is 4.79 Å². The van der Waals surface area contributed by atoms with Crippen LogP contribution in [0.3, 0.4) is 0 Å². The lowest BCUT2D eigenvalue weighted by Crippen LogP contribution is -2.24. The van der Waals surface area contributed by atoms with E-state index in [1.54, 1.807) is 12.1 Å². The first-order valence-electron chi connectivity index (χ1n) is 10.9. The third kappa shape index (κ3) is 5.70. The van der Waals surface area contributed by atoms with Crippen molar-refractivity contribution in [1.29, 1.82) is 0 Å². The predicted molar refractivity (Wildman–Crippen MR) is 137 cm³/mol. The second kappa shape index (κ2) is 11.1. The number of halogens is 3. The summed E-state index contributed by atoms with van der Waals surface area (Å²) in [5, 5.41) is 4.71. The van der Waals surface area contributed by atoms with Crippen molar-refractivity contribution in [2.24, 2.45) is 0 Å². The second-order valence-electron chi connectivity index (χ2n) is 7.85. The van der Waals surface area contributed by atoms with Gasteiger partial charge in [0, 0.05) is 28.6 Å². The zero-order valence-electron chi connectivity index (χ0n) is 18.0. The summed E-state index contributed by atoms with van der Waals surface area (Å²) in [7, 11) is 0. The molecule has 0 unspecified atom stereocenters. The Morgan fingerprint density at radius 1 is 0.818 bits per heavy atom. The Balaban J connectivity index is 1.36. The molecule has 0 radical (unpaired) electrons. The molecule has 1 amide bonds. The summed E-state index contributed by atoms with van der Waals surface area (Å²) in [5.74, 6) is 0.867. The van der Waals surface area contributed by atoms with Crippen molar-refractivity contribution in [2.75, 3.05) is 6.54 Å². The number of nitrogens with zero attached hydrogens (tertiary/aromatic N) is 2. The molecule has 0 atom stereocenters. The van der Waals surface area contributed by atoms with Gasteiger partial charge >= 0.3 is 0 Å². The number of fused-ring (bicyclic) bond motifs is 1. The quantitative estimate of drug-likeness (QED) is 0.247. The number of benzene rings is 3. The van der Waals surface area contributed by atoms with Crippen molar-refractivity contribution < 1.29 is 4.79 Å². The molecule has 170 valence electrons. The maximum absolute atomic E-state index is 12.3. The van der Waals surface area contributed by atoms with E-state index >= 15 is 0 Å². The second-order valence-corrected chi connectivity index (χ2v) is 9.07. The van der Waals surface area contributed by atoms with E-state index < -0.39 is 0 Å². The maximum atomic E-state index is 12.3. The number of aryl methyl sites for hydroxylation is 1. The molecule has 0 aliphatic rings. The predicted octanol–water partition coefficient (Wildman–Crippen LogP) is 7.19. The van der Waals surface area contributed by atoms with Gasteiger partial charge in [-0.15, -0.1) is 0 Å². The van der Waals surface area contributed by atoms with Crippen LogP contribution in [0.2, 0.25) is 15.1 Å². The Bertz CT molecular complexity index is 1250. The van der Waals surface area contributed by atoms with E-state index in [2.05, 4.69) is 16.0 Å². The molecular weight excluding hydrogens is 477 g/mol. The number of unbranched alkanes of at least 4 members (excludes halogenated alkanes) is 2. The van der Waals surface area contributed by atoms with E-state index in [-0.39, 0.29) is 5.91 Å². The Hall–Kier alpha value is -2.53. The molecule has 4 nitrogen and oxygen atoms in total. The number of rotatable bonds is 9. The van der Waals surface area contributed by atoms with Crippen LogP contribution in [0.5, 0.6) is 0 Å². The van der Waals surface area contributed by atoms with Crippen LogP contribution in [-0.2, 0) is 13.0 Å². The van der Waals surface area contributed by atoms with Gasteiger partial charge in [-0.3, -0.25) is 4.79 Å². The standard InChI is InChI=1S/C26H24Cl3N3O/c27-20-10-4-3-9-18(20)26(33)30-16-7-1-2-15-25-31-23-13-5-6-14-24(23)32(25)17-19-21(28)11-8-12-22(19)29/h3-6,8-14H,1-2,7,15-17H2,(H,30,33). The summed E-state index contributed by atoms with van der Waals surface area (Å²) in [5.41, 5.74) is 3.43. The lowest BCUT2D eigenvalue weighted by atomic mass is 10.1. The normalized spacial score (nSPS) is 11.1. The average molecular weight is 501 g/mol. The van der Waals surface area contributed by atoms with Crippen molar-refractivity contribution in [3.8, 4) is 0 Å². The van der Waals surface area contributed by atoms with Gasteiger partial charge in [0.05, 0.1) is 28.2 Å². The molecule has 0 bridgehead atoms. The lowest BCUT2D eigenvalue weighted by Gasteiger charge is -2.12. The Labute approximate surface area is 208 Å². The number of para-hydroxylation sites is 2. The molecule has 3 aromatic carbocycles. The highest BCUT2D eigenvalue weighted by Gasteiger charge is 2.14. The molecule has 4 aromatic rings. The van der Waals surface area contributed by atoms with Crippen LogP contribution in [0.25, 0.3) is 11.0 Å². The fourth-order valence-electron chi connectivity index (χ4n) is 3.86. The highest BCUT2D eigenvalue weighted by Crippen LogP contribution is 2.28. The number of amides is 1. The van der Waals surface area contributed by atoms with Crippen molar-refractivity contribution in [2.45, 2.75) is 32.2 Å². The minimum Gasteiger partial charge on any atom is -0.352 e. The van der Waals surface area contributed by atoms with E-state index in [4.69, 9.17) is 39.8 Å². The number of carbonyl (C=O) groups is 1. The summed E-state index contributed by atoms with van der Waals surface area (Å²) in [6, 6.07) is 20.7. The summed E-state index contributed by atoms with van der Waals surface area (Å²) in [6.45, 7) is 1.18. The van der Waals surface area contributed by atoms with Gasteiger partial charge in [0.25, 0.3) is 5.91 Å². The maximum Gasteiger partial charge on any atom is 0.252 e. The number of nitrogens with one attached hydrogen (secondary N) is 1. The smallest absolute Gasteiger partial charge is 0.252 e. The van der Waals surface area contributed by atoms with Crippen molar-refractivity contribution >= 4 is 51.7 Å². The molecule has 0 aliphatic heterocycles. The van der Waals surface area contributed by atoms with Crippen LogP contribution in [0, 0.1) is 0 Å². The minimum absolute atomic E-state index is 0.140. The van der Waals surface area contributed by atoms with E-state index in [1.807, 2.05) is 48.5 Å². The molecule has 33 heavy (non-hydrogen) atoms. The Kier molecular flexibility index (Phi) is 7.92. The molecule has 4 rings (SSSR count). The molecular formula is C26H24Cl3N3O. The largest absolute Gasteiger partial charge is 0.352 e. The van der Waals surface area contributed by atoms with Gasteiger partial charge in [0.1, 0.15) is 5.82 Å². The average Bonchev–Trinajstić information content (AvgIpc) is 3.16. The van der Waals surface area contributed by atoms with E-state index in [0.717, 1.165) is 48.1 Å². The molecule has 1 aromatic heterocycles. The van der Waals surface area contributed by atoms with Crippen molar-refractivity contribution in [1.82, 2.24) is 14.9 Å². The molecule has 0 fully saturated rings. The Morgan fingerprint density at radius 3 is 2.30 bits per heavy atom. The number of hydrogen-bond acceptors (Lipinski definition) is 2. The lowest BCUT2D eigenvalue weighted by molar-refractivity contribution is 0.0953. The Morgan fingerprint density at radius 2 is 1.52 bits per heavy atom. The summed E-state index contributed by atoms with van der Waals surface area (Å²) in [6.07, 6.45) is 3.64. The zero-order valence-corrected chi connectivity index (χ0v) is 20.3. The van der Waals surface area contributed by atoms with Gasteiger partial charge in [-0.25, -0.2) is 4.98 Å². The van der Waals surface area contributed by atoms with Gasteiger partial charge in [0.15, 0.2) is 0 Å². The topological polar surface area (TPSA) is 46.9 Å². The molecule has 0 aliphatic carbocycles. The van der Waals surface area contributed by atoms with Crippen LogP contribution in [0.1, 0.15) is 41.0 Å². The highest BCUT2D eigenvalue weighted by molar-refractivity contribution is 6.36. The molecule has 1 heterocycles. The SMILES string of the molecule is O=C(NCCCCCc1nc2ccccc2n1Cc1c(Cl)cccc1Cl)c1ccccc1Cl. The molecule has 7 heteroatoms. The van der Waals surface area contributed by atoms with Gasteiger partial charge in [0.2, 0.25) is 0 Å². The first-order chi connectivity index (χ1) is 16.0.